The van der Waals surface area contributed by atoms with E-state index in [9.17, 15) is 4.79 Å². The summed E-state index contributed by atoms with van der Waals surface area (Å²) in [7, 11) is 0. The third kappa shape index (κ3) is 5.29. The summed E-state index contributed by atoms with van der Waals surface area (Å²) in [5, 5.41) is 5.82. The predicted octanol–water partition coefficient (Wildman–Crippen LogP) is 3.84. The van der Waals surface area contributed by atoms with Crippen LogP contribution in [0.15, 0.2) is 24.3 Å². The van der Waals surface area contributed by atoms with Gasteiger partial charge in [-0.05, 0) is 49.8 Å². The van der Waals surface area contributed by atoms with Crippen molar-refractivity contribution in [1.29, 1.82) is 0 Å². The Morgan fingerprint density at radius 2 is 2.00 bits per heavy atom. The number of nitrogens with one attached hydrogen (secondary N) is 2. The summed E-state index contributed by atoms with van der Waals surface area (Å²) < 4.78 is 0. The molecule has 1 aromatic carbocycles. The molecule has 2 amide bonds. The maximum Gasteiger partial charge on any atom is 0.319 e. The molecule has 1 aliphatic rings. The third-order valence-corrected chi connectivity index (χ3v) is 3.83. The number of hydrogen-bond acceptors (Lipinski definition) is 2. The van der Waals surface area contributed by atoms with Crippen molar-refractivity contribution in [2.45, 2.75) is 39.5 Å². The van der Waals surface area contributed by atoms with Crippen molar-refractivity contribution < 1.29 is 4.79 Å². The molecule has 2 N–H and O–H groups in total. The zero-order chi connectivity index (χ0) is 15.1. The molecule has 1 aromatic rings. The molecule has 21 heavy (non-hydrogen) atoms. The van der Waals surface area contributed by atoms with Crippen molar-refractivity contribution in [3.05, 3.63) is 24.3 Å². The van der Waals surface area contributed by atoms with Gasteiger partial charge < -0.3 is 15.5 Å². The van der Waals surface area contributed by atoms with E-state index in [0.29, 0.717) is 5.92 Å². The molecule has 0 aliphatic carbocycles. The fraction of sp³-hybridized carbons (Fsp3) is 0.588. The quantitative estimate of drug-likeness (QED) is 0.865. The lowest BCUT2D eigenvalue weighted by Crippen LogP contribution is -2.31. The van der Waals surface area contributed by atoms with Gasteiger partial charge in [0.05, 0.1) is 0 Å². The Labute approximate surface area is 127 Å². The van der Waals surface area contributed by atoms with Crippen LogP contribution in [0.25, 0.3) is 0 Å². The maximum absolute atomic E-state index is 11.8. The molecule has 1 aliphatic heterocycles. The molecule has 116 valence electrons. The molecule has 0 spiro atoms. The standard InChI is InChI=1S/C17H27N3O/c1-14(2)9-10-18-17(21)19-15-7-6-8-16(13-15)20-11-4-3-5-12-20/h6-8,13-14H,3-5,9-12H2,1-2H3,(H2,18,19,21). The van der Waals surface area contributed by atoms with Gasteiger partial charge in [0, 0.05) is 31.0 Å². The van der Waals surface area contributed by atoms with Gasteiger partial charge in [-0.3, -0.25) is 0 Å². The molecular formula is C17H27N3O. The molecule has 1 saturated heterocycles. The van der Waals surface area contributed by atoms with Gasteiger partial charge in [-0.15, -0.1) is 0 Å². The van der Waals surface area contributed by atoms with Crippen LogP contribution in [0.5, 0.6) is 0 Å². The van der Waals surface area contributed by atoms with E-state index in [0.717, 1.165) is 31.7 Å². The Kier molecular flexibility index (Phi) is 5.90. The SMILES string of the molecule is CC(C)CCNC(=O)Nc1cccc(N2CCCCC2)c1. The lowest BCUT2D eigenvalue weighted by atomic mass is 10.1. The van der Waals surface area contributed by atoms with Gasteiger partial charge in [0.2, 0.25) is 0 Å². The first kappa shape index (κ1) is 15.7. The lowest BCUT2D eigenvalue weighted by molar-refractivity contribution is 0.251. The van der Waals surface area contributed by atoms with Crippen LogP contribution in [0.1, 0.15) is 39.5 Å². The van der Waals surface area contributed by atoms with Crippen molar-refractivity contribution in [1.82, 2.24) is 5.32 Å². The predicted molar refractivity (Wildman–Crippen MR) is 89.0 cm³/mol. The Morgan fingerprint density at radius 3 is 2.71 bits per heavy atom. The number of rotatable bonds is 5. The van der Waals surface area contributed by atoms with E-state index < -0.39 is 0 Å². The third-order valence-electron chi connectivity index (χ3n) is 3.83. The Balaban J connectivity index is 1.86. The van der Waals surface area contributed by atoms with Crippen molar-refractivity contribution in [2.75, 3.05) is 29.9 Å². The van der Waals surface area contributed by atoms with Gasteiger partial charge >= 0.3 is 6.03 Å². The Morgan fingerprint density at radius 1 is 1.24 bits per heavy atom. The minimum atomic E-state index is -0.119. The highest BCUT2D eigenvalue weighted by molar-refractivity contribution is 5.89. The summed E-state index contributed by atoms with van der Waals surface area (Å²) in [5.41, 5.74) is 2.06. The van der Waals surface area contributed by atoms with E-state index in [-0.39, 0.29) is 6.03 Å². The van der Waals surface area contributed by atoms with Crippen LogP contribution in [0.3, 0.4) is 0 Å². The number of carbonyl (C=O) groups is 1. The maximum atomic E-state index is 11.8. The summed E-state index contributed by atoms with van der Waals surface area (Å²) in [6.45, 7) is 7.26. The number of piperidine rings is 1. The number of carbonyl (C=O) groups excluding carboxylic acids is 1. The molecule has 1 heterocycles. The second-order valence-electron chi connectivity index (χ2n) is 6.16. The summed E-state index contributed by atoms with van der Waals surface area (Å²) >= 11 is 0. The van der Waals surface area contributed by atoms with Crippen LogP contribution in [-0.2, 0) is 0 Å². The second-order valence-corrected chi connectivity index (χ2v) is 6.16. The van der Waals surface area contributed by atoms with Gasteiger partial charge in [0.25, 0.3) is 0 Å². The Bertz CT molecular complexity index is 453. The van der Waals surface area contributed by atoms with E-state index >= 15 is 0 Å². The van der Waals surface area contributed by atoms with Crippen molar-refractivity contribution >= 4 is 17.4 Å². The zero-order valence-corrected chi connectivity index (χ0v) is 13.2. The monoisotopic (exact) mass is 289 g/mol. The number of nitrogens with zero attached hydrogens (tertiary/aromatic N) is 1. The van der Waals surface area contributed by atoms with Gasteiger partial charge in [-0.1, -0.05) is 19.9 Å². The summed E-state index contributed by atoms with van der Waals surface area (Å²) in [4.78, 5) is 14.2. The van der Waals surface area contributed by atoms with Crippen LogP contribution >= 0.6 is 0 Å². The van der Waals surface area contributed by atoms with Crippen LogP contribution in [0.4, 0.5) is 16.2 Å². The first-order valence-corrected chi connectivity index (χ1v) is 8.05. The molecule has 4 nitrogen and oxygen atoms in total. The van der Waals surface area contributed by atoms with Gasteiger partial charge in [-0.25, -0.2) is 4.79 Å². The highest BCUT2D eigenvalue weighted by Crippen LogP contribution is 2.22. The number of anilines is 2. The minimum Gasteiger partial charge on any atom is -0.371 e. The molecule has 4 heteroatoms. The van der Waals surface area contributed by atoms with Gasteiger partial charge in [0.15, 0.2) is 0 Å². The summed E-state index contributed by atoms with van der Waals surface area (Å²) in [5.74, 6) is 0.604. The molecule has 0 bridgehead atoms. The van der Waals surface area contributed by atoms with Crippen molar-refractivity contribution in [3.63, 3.8) is 0 Å². The van der Waals surface area contributed by atoms with E-state index in [1.165, 1.54) is 24.9 Å². The first-order chi connectivity index (χ1) is 10.1. The number of hydrogen-bond donors (Lipinski definition) is 2. The Hall–Kier alpha value is -1.71. The van der Waals surface area contributed by atoms with E-state index in [2.05, 4.69) is 41.5 Å². The molecule has 0 saturated carbocycles. The van der Waals surface area contributed by atoms with Crippen molar-refractivity contribution in [2.24, 2.45) is 5.92 Å². The largest absolute Gasteiger partial charge is 0.371 e. The van der Waals surface area contributed by atoms with Crippen LogP contribution < -0.4 is 15.5 Å². The molecule has 2 rings (SSSR count). The van der Waals surface area contributed by atoms with E-state index in [1.807, 2.05) is 12.1 Å². The average molecular weight is 289 g/mol. The number of benzene rings is 1. The zero-order valence-electron chi connectivity index (χ0n) is 13.2. The van der Waals surface area contributed by atoms with Crippen LogP contribution in [0, 0.1) is 5.92 Å². The fourth-order valence-electron chi connectivity index (χ4n) is 2.58. The normalized spacial score (nSPS) is 15.1. The lowest BCUT2D eigenvalue weighted by Gasteiger charge is -2.29. The smallest absolute Gasteiger partial charge is 0.319 e. The van der Waals surface area contributed by atoms with E-state index in [4.69, 9.17) is 0 Å². The molecule has 0 aromatic heterocycles. The molecule has 0 unspecified atom stereocenters. The number of amides is 2. The van der Waals surface area contributed by atoms with Crippen LogP contribution in [0.2, 0.25) is 0 Å². The first-order valence-electron chi connectivity index (χ1n) is 8.05. The fourth-order valence-corrected chi connectivity index (χ4v) is 2.58. The van der Waals surface area contributed by atoms with E-state index in [1.54, 1.807) is 0 Å². The summed E-state index contributed by atoms with van der Waals surface area (Å²) in [6, 6.07) is 8.01. The average Bonchev–Trinajstić information content (AvgIpc) is 2.48. The summed E-state index contributed by atoms with van der Waals surface area (Å²) in [6.07, 6.45) is 4.84. The highest BCUT2D eigenvalue weighted by Gasteiger charge is 2.11. The molecular weight excluding hydrogens is 262 g/mol. The van der Waals surface area contributed by atoms with Crippen LogP contribution in [-0.4, -0.2) is 25.7 Å². The molecule has 0 atom stereocenters. The topological polar surface area (TPSA) is 44.4 Å². The van der Waals surface area contributed by atoms with Crippen molar-refractivity contribution in [3.8, 4) is 0 Å². The number of urea groups is 1. The second kappa shape index (κ2) is 7.91. The molecule has 0 radical (unpaired) electrons. The molecule has 1 fully saturated rings. The minimum absolute atomic E-state index is 0.119. The highest BCUT2D eigenvalue weighted by atomic mass is 16.2. The van der Waals surface area contributed by atoms with Gasteiger partial charge in [-0.2, -0.15) is 0 Å². The van der Waals surface area contributed by atoms with Gasteiger partial charge in [0.1, 0.15) is 0 Å².